The molecule has 0 radical (unpaired) electrons. The highest BCUT2D eigenvalue weighted by Gasteiger charge is 2.08. The van der Waals surface area contributed by atoms with Crippen LogP contribution in [0.3, 0.4) is 0 Å². The second kappa shape index (κ2) is 20.0. The van der Waals surface area contributed by atoms with E-state index in [9.17, 15) is 14.9 Å². The lowest BCUT2D eigenvalue weighted by Gasteiger charge is -2.05. The lowest BCUT2D eigenvalue weighted by atomic mass is 10.0. The Morgan fingerprint density at radius 2 is 1.26 bits per heavy atom. The van der Waals surface area contributed by atoms with E-state index in [-0.39, 0.29) is 17.8 Å². The van der Waals surface area contributed by atoms with E-state index in [0.717, 1.165) is 12.8 Å². The van der Waals surface area contributed by atoms with Gasteiger partial charge in [-0.05, 0) is 32.4 Å². The van der Waals surface area contributed by atoms with E-state index in [1.165, 1.54) is 94.9 Å². The van der Waals surface area contributed by atoms with Gasteiger partial charge in [-0.2, -0.15) is 0 Å². The van der Waals surface area contributed by atoms with Crippen LogP contribution in [0.25, 0.3) is 0 Å². The van der Waals surface area contributed by atoms with Gasteiger partial charge in [-0.15, -0.1) is 0 Å². The third kappa shape index (κ3) is 19.7. The molecule has 0 aliphatic rings. The number of nitro benzene ring substituents is 1. The fourth-order valence-corrected chi connectivity index (χ4v) is 3.11. The Labute approximate surface area is 188 Å². The number of hydrogen-bond acceptors (Lipinski definition) is 5. The van der Waals surface area contributed by atoms with E-state index in [0.29, 0.717) is 12.2 Å². The van der Waals surface area contributed by atoms with Gasteiger partial charge < -0.3 is 9.84 Å². The molecule has 0 aliphatic heterocycles. The summed E-state index contributed by atoms with van der Waals surface area (Å²) in [6.07, 6.45) is 16.7. The summed E-state index contributed by atoms with van der Waals surface area (Å²) in [4.78, 5) is 21.9. The monoisotopic (exact) mass is 437 g/mol. The molecule has 6 heteroatoms. The molecular formula is C25H43NO5. The van der Waals surface area contributed by atoms with Crippen LogP contribution in [-0.4, -0.2) is 22.1 Å². The first-order valence-corrected chi connectivity index (χ1v) is 12.0. The van der Waals surface area contributed by atoms with E-state index >= 15 is 0 Å². The van der Waals surface area contributed by atoms with Crippen molar-refractivity contribution in [1.82, 2.24) is 0 Å². The van der Waals surface area contributed by atoms with Crippen molar-refractivity contribution in [2.75, 3.05) is 0 Å². The topological polar surface area (TPSA) is 89.7 Å². The molecule has 0 saturated heterocycles. The summed E-state index contributed by atoms with van der Waals surface area (Å²) in [5.41, 5.74) is -0.00806. The Kier molecular flexibility index (Phi) is 18.7. The summed E-state index contributed by atoms with van der Waals surface area (Å²) in [7, 11) is 0. The Hall–Kier alpha value is -1.95. The molecule has 0 spiro atoms. The number of ether oxygens (including phenoxy) is 1. The zero-order chi connectivity index (χ0) is 23.3. The summed E-state index contributed by atoms with van der Waals surface area (Å²) in [6, 6.07) is 5.60. The minimum Gasteiger partial charge on any atom is -0.427 e. The Morgan fingerprint density at radius 1 is 0.871 bits per heavy atom. The van der Waals surface area contributed by atoms with Gasteiger partial charge in [0.15, 0.2) is 0 Å². The first-order chi connectivity index (χ1) is 14.9. The number of rotatable bonds is 16. The summed E-state index contributed by atoms with van der Waals surface area (Å²) >= 11 is 0. The summed E-state index contributed by atoms with van der Waals surface area (Å²) in [6.45, 7) is 5.70. The van der Waals surface area contributed by atoms with Gasteiger partial charge in [0.05, 0.1) is 4.92 Å². The molecule has 0 bridgehead atoms. The van der Waals surface area contributed by atoms with E-state index in [1.807, 2.05) is 0 Å². The van der Waals surface area contributed by atoms with Crippen molar-refractivity contribution in [3.63, 3.8) is 0 Å². The number of hydrogen-bond donors (Lipinski definition) is 1. The predicted molar refractivity (Wildman–Crippen MR) is 126 cm³/mol. The number of aliphatic hydroxyl groups is 1. The minimum atomic E-state index is -0.473. The molecule has 0 aliphatic carbocycles. The third-order valence-electron chi connectivity index (χ3n) is 4.76. The number of unbranched alkanes of at least 4 members (excludes halogenated alkanes) is 12. The summed E-state index contributed by atoms with van der Waals surface area (Å²) in [5, 5.41) is 18.6. The molecule has 178 valence electrons. The number of carbonyl (C=O) groups is 1. The van der Waals surface area contributed by atoms with Gasteiger partial charge >= 0.3 is 5.97 Å². The van der Waals surface area contributed by atoms with Crippen molar-refractivity contribution in [2.24, 2.45) is 0 Å². The number of aliphatic hydroxyl groups excluding tert-OH is 1. The number of benzene rings is 1. The average molecular weight is 438 g/mol. The highest BCUT2D eigenvalue weighted by Crippen LogP contribution is 2.18. The fourth-order valence-electron chi connectivity index (χ4n) is 3.11. The maximum atomic E-state index is 11.8. The van der Waals surface area contributed by atoms with Crippen LogP contribution in [0.15, 0.2) is 24.3 Å². The quantitative estimate of drug-likeness (QED) is 0.0958. The van der Waals surface area contributed by atoms with Crippen LogP contribution >= 0.6 is 0 Å². The lowest BCUT2D eigenvalue weighted by molar-refractivity contribution is -0.384. The summed E-state index contributed by atoms with van der Waals surface area (Å²) < 4.78 is 5.19. The first kappa shape index (κ1) is 29.1. The van der Waals surface area contributed by atoms with E-state index in [1.54, 1.807) is 13.8 Å². The third-order valence-corrected chi connectivity index (χ3v) is 4.76. The number of nitro groups is 1. The van der Waals surface area contributed by atoms with Gasteiger partial charge in [-0.25, -0.2) is 0 Å². The van der Waals surface area contributed by atoms with Crippen LogP contribution in [0.5, 0.6) is 5.75 Å². The fraction of sp³-hybridized carbons (Fsp3) is 0.720. The molecular weight excluding hydrogens is 394 g/mol. The van der Waals surface area contributed by atoms with Crippen LogP contribution in [0.1, 0.15) is 111 Å². The molecule has 6 nitrogen and oxygen atoms in total. The molecule has 31 heavy (non-hydrogen) atoms. The van der Waals surface area contributed by atoms with Gasteiger partial charge in [-0.3, -0.25) is 14.9 Å². The van der Waals surface area contributed by atoms with Crippen LogP contribution in [0.4, 0.5) is 5.69 Å². The van der Waals surface area contributed by atoms with Crippen LogP contribution in [0.2, 0.25) is 0 Å². The SMILES string of the molecule is CC(C)O.CCCCCCCCCCCCCCCC(=O)Oc1ccc([N+](=O)[O-])cc1. The largest absolute Gasteiger partial charge is 0.427 e. The Balaban J connectivity index is 0.00000206. The number of nitrogens with zero attached hydrogens (tertiary/aromatic N) is 1. The normalized spacial score (nSPS) is 10.5. The standard InChI is InChI=1S/C22H35NO4.C3H8O/c1-2-3-4-5-6-7-8-9-10-11-12-13-14-15-22(24)27-21-18-16-20(17-19-21)23(25)26;1-3(2)4/h16-19H,2-15H2,1H3;3-4H,1-2H3. The van der Waals surface area contributed by atoms with Crippen molar-refractivity contribution >= 4 is 11.7 Å². The smallest absolute Gasteiger partial charge is 0.311 e. The molecule has 1 aromatic carbocycles. The molecule has 0 amide bonds. The average Bonchev–Trinajstić information content (AvgIpc) is 2.71. The molecule has 1 N–H and O–H groups in total. The molecule has 1 rings (SSSR count). The van der Waals surface area contributed by atoms with Gasteiger partial charge in [-0.1, -0.05) is 84.0 Å². The minimum absolute atomic E-state index is 0.00806. The van der Waals surface area contributed by atoms with Crippen molar-refractivity contribution in [2.45, 2.75) is 117 Å². The summed E-state index contributed by atoms with van der Waals surface area (Å²) in [5.74, 6) is 0.0900. The highest BCUT2D eigenvalue weighted by atomic mass is 16.6. The van der Waals surface area contributed by atoms with E-state index in [4.69, 9.17) is 9.84 Å². The Bertz CT molecular complexity index is 569. The first-order valence-electron chi connectivity index (χ1n) is 12.0. The lowest BCUT2D eigenvalue weighted by Crippen LogP contribution is -2.07. The van der Waals surface area contributed by atoms with Gasteiger partial charge in [0, 0.05) is 24.7 Å². The number of esters is 1. The van der Waals surface area contributed by atoms with Gasteiger partial charge in [0.25, 0.3) is 5.69 Å². The highest BCUT2D eigenvalue weighted by molar-refractivity contribution is 5.72. The molecule has 0 atom stereocenters. The van der Waals surface area contributed by atoms with Crippen molar-refractivity contribution in [3.05, 3.63) is 34.4 Å². The van der Waals surface area contributed by atoms with Crippen molar-refractivity contribution < 1.29 is 19.6 Å². The Morgan fingerprint density at radius 3 is 1.65 bits per heavy atom. The number of non-ortho nitro benzene ring substituents is 1. The maximum absolute atomic E-state index is 11.8. The molecule has 0 fully saturated rings. The molecule has 0 aromatic heterocycles. The second-order valence-electron chi connectivity index (χ2n) is 8.31. The molecule has 1 aromatic rings. The van der Waals surface area contributed by atoms with Crippen molar-refractivity contribution in [3.8, 4) is 5.75 Å². The van der Waals surface area contributed by atoms with E-state index in [2.05, 4.69) is 6.92 Å². The number of carbonyl (C=O) groups excluding carboxylic acids is 1. The van der Waals surface area contributed by atoms with Gasteiger partial charge in [0.1, 0.15) is 5.75 Å². The molecule has 0 unspecified atom stereocenters. The predicted octanol–water partition coefficient (Wildman–Crippen LogP) is 7.37. The zero-order valence-corrected chi connectivity index (χ0v) is 19.8. The van der Waals surface area contributed by atoms with Crippen LogP contribution in [-0.2, 0) is 4.79 Å². The molecule has 0 heterocycles. The van der Waals surface area contributed by atoms with Crippen molar-refractivity contribution in [1.29, 1.82) is 0 Å². The van der Waals surface area contributed by atoms with E-state index < -0.39 is 4.92 Å². The van der Waals surface area contributed by atoms with Gasteiger partial charge in [0.2, 0.25) is 0 Å². The maximum Gasteiger partial charge on any atom is 0.311 e. The van der Waals surface area contributed by atoms with Crippen LogP contribution < -0.4 is 4.74 Å². The molecule has 0 saturated carbocycles. The zero-order valence-electron chi connectivity index (χ0n) is 19.8. The van der Waals surface area contributed by atoms with Crippen LogP contribution in [0, 0.1) is 10.1 Å². The second-order valence-corrected chi connectivity index (χ2v) is 8.31.